The number of rotatable bonds is 14. The number of carbonyl (C=O) groups excluding carboxylic acids is 3. The number of anilines is 2. The molecule has 2 amide bonds. The summed E-state index contributed by atoms with van der Waals surface area (Å²) < 4.78 is 22.1. The van der Waals surface area contributed by atoms with E-state index in [2.05, 4.69) is 15.1 Å². The maximum absolute atomic E-state index is 14.0. The van der Waals surface area contributed by atoms with Crippen molar-refractivity contribution in [2.24, 2.45) is 5.92 Å². The second-order valence-corrected chi connectivity index (χ2v) is 16.1. The van der Waals surface area contributed by atoms with E-state index in [4.69, 9.17) is 35.5 Å². The Kier molecular flexibility index (Phi) is 13.9. The lowest BCUT2D eigenvalue weighted by Gasteiger charge is -2.38. The maximum atomic E-state index is 14.0. The minimum Gasteiger partial charge on any atom is -0.493 e. The molecular weight excluding hydrogens is 722 g/mol. The van der Waals surface area contributed by atoms with E-state index < -0.39 is 17.7 Å². The fourth-order valence-electron chi connectivity index (χ4n) is 7.49. The van der Waals surface area contributed by atoms with Crippen LogP contribution in [0.2, 0.25) is 5.02 Å². The van der Waals surface area contributed by atoms with Gasteiger partial charge in [-0.15, -0.1) is 0 Å². The lowest BCUT2D eigenvalue weighted by atomic mass is 9.85. The second kappa shape index (κ2) is 18.4. The average Bonchev–Trinajstić information content (AvgIpc) is 3.13. The summed E-state index contributed by atoms with van der Waals surface area (Å²) in [6.07, 6.45) is 5.28. The van der Waals surface area contributed by atoms with Gasteiger partial charge in [0.05, 0.1) is 51.2 Å². The van der Waals surface area contributed by atoms with E-state index in [-0.39, 0.29) is 37.0 Å². The molecule has 5 rings (SSSR count). The van der Waals surface area contributed by atoms with Crippen molar-refractivity contribution < 1.29 is 33.3 Å². The van der Waals surface area contributed by atoms with Crippen LogP contribution in [0, 0.1) is 5.92 Å². The van der Waals surface area contributed by atoms with Crippen LogP contribution < -0.4 is 24.6 Å². The van der Waals surface area contributed by atoms with Crippen molar-refractivity contribution in [1.82, 2.24) is 15.2 Å². The summed E-state index contributed by atoms with van der Waals surface area (Å²) in [5, 5.41) is 3.42. The summed E-state index contributed by atoms with van der Waals surface area (Å²) in [5.41, 5.74) is 2.88. The monoisotopic (exact) mass is 777 g/mol. The summed E-state index contributed by atoms with van der Waals surface area (Å²) in [4.78, 5) is 49.4. The fourth-order valence-corrected chi connectivity index (χ4v) is 7.61. The van der Waals surface area contributed by atoms with Gasteiger partial charge in [0.1, 0.15) is 11.4 Å². The first-order valence-electron chi connectivity index (χ1n) is 19.1. The number of nitrogens with zero attached hydrogens (tertiary/aromatic N) is 4. The molecule has 0 saturated heterocycles. The van der Waals surface area contributed by atoms with Crippen LogP contribution in [0.15, 0.2) is 54.7 Å². The number of amides is 2. The van der Waals surface area contributed by atoms with E-state index in [1.165, 1.54) is 7.11 Å². The average molecular weight is 778 g/mol. The maximum Gasteiger partial charge on any atom is 0.407 e. The highest BCUT2D eigenvalue weighted by Gasteiger charge is 2.36. The van der Waals surface area contributed by atoms with Crippen LogP contribution in [0.5, 0.6) is 11.5 Å². The summed E-state index contributed by atoms with van der Waals surface area (Å²) in [6, 6.07) is 15.2. The van der Waals surface area contributed by atoms with Crippen molar-refractivity contribution in [3.8, 4) is 11.5 Å². The highest BCUT2D eigenvalue weighted by atomic mass is 35.5. The third kappa shape index (κ3) is 11.0. The third-order valence-corrected chi connectivity index (χ3v) is 10.3. The van der Waals surface area contributed by atoms with Crippen molar-refractivity contribution >= 4 is 41.1 Å². The zero-order valence-corrected chi connectivity index (χ0v) is 34.2. The van der Waals surface area contributed by atoms with Crippen LogP contribution in [-0.4, -0.2) is 93.0 Å². The van der Waals surface area contributed by atoms with Gasteiger partial charge in [0.25, 0.3) is 0 Å². The summed E-state index contributed by atoms with van der Waals surface area (Å²) in [6.45, 7) is 11.3. The van der Waals surface area contributed by atoms with Crippen LogP contribution in [-0.2, 0) is 25.5 Å². The molecule has 3 aromatic rings. The largest absolute Gasteiger partial charge is 0.493 e. The van der Waals surface area contributed by atoms with Crippen LogP contribution in [0.25, 0.3) is 0 Å². The van der Waals surface area contributed by atoms with E-state index in [1.807, 2.05) is 95.1 Å². The molecule has 1 saturated carbocycles. The van der Waals surface area contributed by atoms with Crippen LogP contribution in [0.1, 0.15) is 83.0 Å². The van der Waals surface area contributed by atoms with Gasteiger partial charge in [0.2, 0.25) is 5.91 Å². The molecule has 0 bridgehead atoms. The molecule has 298 valence electrons. The highest BCUT2D eigenvalue weighted by molar-refractivity contribution is 6.30. The topological polar surface area (TPSA) is 123 Å². The van der Waals surface area contributed by atoms with Crippen molar-refractivity contribution in [3.63, 3.8) is 0 Å². The second-order valence-electron chi connectivity index (χ2n) is 15.7. The smallest absolute Gasteiger partial charge is 0.407 e. The molecule has 55 heavy (non-hydrogen) atoms. The van der Waals surface area contributed by atoms with Gasteiger partial charge in [-0.1, -0.05) is 23.7 Å². The van der Waals surface area contributed by atoms with Crippen molar-refractivity contribution in [2.75, 3.05) is 57.2 Å². The van der Waals surface area contributed by atoms with E-state index in [9.17, 15) is 14.4 Å². The Hall–Kier alpha value is -4.55. The number of esters is 1. The predicted octanol–water partition coefficient (Wildman–Crippen LogP) is 7.20. The summed E-state index contributed by atoms with van der Waals surface area (Å²) in [5.74, 6) is 2.13. The molecule has 1 aromatic heterocycles. The number of nitrogens with one attached hydrogen (secondary N) is 1. The van der Waals surface area contributed by atoms with E-state index in [0.717, 1.165) is 54.7 Å². The number of halogens is 1. The number of carbonyl (C=O) groups is 3. The Morgan fingerprint density at radius 1 is 1.02 bits per heavy atom. The van der Waals surface area contributed by atoms with Gasteiger partial charge in [-0.05, 0) is 119 Å². The molecule has 1 N–H and O–H groups in total. The molecule has 1 aliphatic heterocycles. The molecule has 12 nitrogen and oxygen atoms in total. The summed E-state index contributed by atoms with van der Waals surface area (Å²) >= 11 is 6.29. The number of hydrogen-bond acceptors (Lipinski definition) is 10. The lowest BCUT2D eigenvalue weighted by molar-refractivity contribution is -0.142. The van der Waals surface area contributed by atoms with Gasteiger partial charge in [0.15, 0.2) is 11.5 Å². The molecule has 0 unspecified atom stereocenters. The minimum atomic E-state index is -0.581. The first-order chi connectivity index (χ1) is 26.1. The number of benzene rings is 2. The number of alkyl carbamates (subject to hydrolysis) is 1. The quantitative estimate of drug-likeness (QED) is 0.168. The SMILES string of the molecule is COC(=O)CN(CCNC(=O)OC(C)(C)C)[C@H]1CC[C@H](CN(C)c2ccc(N3C(=O)Cc4cc(OC)c(OC(C)C)cc4[C@@H]3c3ccc(Cl)cc3)cn2)CC1. The zero-order valence-electron chi connectivity index (χ0n) is 33.4. The highest BCUT2D eigenvalue weighted by Crippen LogP contribution is 2.44. The molecule has 2 aliphatic rings. The van der Waals surface area contributed by atoms with Crippen LogP contribution in [0.4, 0.5) is 16.3 Å². The molecule has 1 fully saturated rings. The van der Waals surface area contributed by atoms with Gasteiger partial charge in [-0.2, -0.15) is 0 Å². The van der Waals surface area contributed by atoms with Crippen molar-refractivity contribution in [3.05, 3.63) is 76.4 Å². The van der Waals surface area contributed by atoms with Crippen LogP contribution >= 0.6 is 11.6 Å². The fraction of sp³-hybridized carbons (Fsp3) is 0.524. The molecule has 0 spiro atoms. The van der Waals surface area contributed by atoms with Gasteiger partial charge >= 0.3 is 12.1 Å². The lowest BCUT2D eigenvalue weighted by Crippen LogP contribution is -2.46. The van der Waals surface area contributed by atoms with Crippen molar-refractivity contribution in [1.29, 1.82) is 0 Å². The Labute approximate surface area is 330 Å². The van der Waals surface area contributed by atoms with Crippen molar-refractivity contribution in [2.45, 2.75) is 90.5 Å². The number of hydrogen-bond donors (Lipinski definition) is 1. The van der Waals surface area contributed by atoms with Gasteiger partial charge in [0, 0.05) is 37.7 Å². The van der Waals surface area contributed by atoms with Gasteiger partial charge in [-0.3, -0.25) is 19.4 Å². The Morgan fingerprint density at radius 3 is 2.33 bits per heavy atom. The number of ether oxygens (including phenoxy) is 4. The zero-order chi connectivity index (χ0) is 39.9. The normalized spacial score (nSPS) is 18.5. The first kappa shape index (κ1) is 41.6. The standard InChI is InChI=1S/C42H56ClN5O7/c1-27(2)54-36-23-34-30(21-35(36)52-7)22-38(49)48(40(34)29-11-13-31(43)14-12-29)33-17-18-37(45-24-33)46(6)25-28-9-15-32(16-10-28)47(26-39(50)53-8)20-19-44-41(51)55-42(3,4)5/h11-14,17-18,21,23-24,27-28,32,40H,9-10,15-16,19-20,22,25-26H2,1-8H3,(H,44,51)/t28-,32-,40-/m0/s1. The molecule has 2 aromatic carbocycles. The van der Waals surface area contributed by atoms with E-state index in [1.54, 1.807) is 13.3 Å². The molecule has 13 heteroatoms. The number of aromatic nitrogens is 1. The van der Waals surface area contributed by atoms with E-state index in [0.29, 0.717) is 41.2 Å². The number of methoxy groups -OCH3 is 2. The number of pyridine rings is 1. The predicted molar refractivity (Wildman–Crippen MR) is 214 cm³/mol. The van der Waals surface area contributed by atoms with Gasteiger partial charge in [-0.25, -0.2) is 9.78 Å². The summed E-state index contributed by atoms with van der Waals surface area (Å²) in [7, 11) is 5.04. The number of fused-ring (bicyclic) bond motifs is 1. The molecular formula is C42H56ClN5O7. The molecule has 1 aliphatic carbocycles. The Bertz CT molecular complexity index is 1770. The molecule has 2 heterocycles. The Balaban J connectivity index is 1.26. The first-order valence-corrected chi connectivity index (χ1v) is 19.4. The molecule has 0 radical (unpaired) electrons. The van der Waals surface area contributed by atoms with Crippen LogP contribution in [0.3, 0.4) is 0 Å². The van der Waals surface area contributed by atoms with E-state index >= 15 is 0 Å². The Morgan fingerprint density at radius 2 is 1.73 bits per heavy atom. The minimum absolute atomic E-state index is 0.0476. The molecule has 1 atom stereocenters. The van der Waals surface area contributed by atoms with Gasteiger partial charge < -0.3 is 29.2 Å². The third-order valence-electron chi connectivity index (χ3n) is 10.0.